The number of methoxy groups -OCH3 is 3. The lowest BCUT2D eigenvalue weighted by Crippen LogP contribution is -2.34. The van der Waals surface area contributed by atoms with Gasteiger partial charge in [0.15, 0.2) is 11.5 Å². The number of nitrogens with zero attached hydrogens (tertiary/aromatic N) is 1. The van der Waals surface area contributed by atoms with Crippen LogP contribution < -0.4 is 34.5 Å². The summed E-state index contributed by atoms with van der Waals surface area (Å²) in [6.07, 6.45) is 0.373. The lowest BCUT2D eigenvalue weighted by Gasteiger charge is -2.18. The average molecular weight is 444 g/mol. The van der Waals surface area contributed by atoms with Crippen molar-refractivity contribution in [1.29, 1.82) is 0 Å². The fourth-order valence-electron chi connectivity index (χ4n) is 3.62. The van der Waals surface area contributed by atoms with E-state index in [-0.39, 0.29) is 17.9 Å². The molecule has 0 radical (unpaired) electrons. The van der Waals surface area contributed by atoms with Crippen molar-refractivity contribution in [3.05, 3.63) is 36.4 Å². The first-order valence-corrected chi connectivity index (χ1v) is 10.4. The second-order valence-corrected chi connectivity index (χ2v) is 7.25. The number of urea groups is 1. The Balaban J connectivity index is 1.56. The van der Waals surface area contributed by atoms with Gasteiger partial charge >= 0.3 is 6.03 Å². The van der Waals surface area contributed by atoms with E-state index in [4.69, 9.17) is 18.9 Å². The molecule has 1 saturated heterocycles. The maximum absolute atomic E-state index is 12.5. The lowest BCUT2D eigenvalue weighted by molar-refractivity contribution is -0.117. The van der Waals surface area contributed by atoms with Gasteiger partial charge in [0, 0.05) is 43.2 Å². The summed E-state index contributed by atoms with van der Waals surface area (Å²) in [4.78, 5) is 26.6. The molecular weight excluding hydrogens is 414 g/mol. The van der Waals surface area contributed by atoms with Crippen LogP contribution in [-0.2, 0) is 4.79 Å². The molecule has 0 aliphatic carbocycles. The Morgan fingerprint density at radius 1 is 1.06 bits per heavy atom. The predicted molar refractivity (Wildman–Crippen MR) is 121 cm³/mol. The minimum Gasteiger partial charge on any atom is -0.494 e. The van der Waals surface area contributed by atoms with Crippen LogP contribution in [0, 0.1) is 5.92 Å². The van der Waals surface area contributed by atoms with Crippen LogP contribution in [0.5, 0.6) is 23.0 Å². The van der Waals surface area contributed by atoms with Crippen molar-refractivity contribution in [3.63, 3.8) is 0 Å². The van der Waals surface area contributed by atoms with Crippen LogP contribution >= 0.6 is 0 Å². The Morgan fingerprint density at radius 2 is 1.72 bits per heavy atom. The van der Waals surface area contributed by atoms with Crippen LogP contribution in [0.15, 0.2) is 36.4 Å². The molecule has 172 valence electrons. The normalized spacial score (nSPS) is 15.3. The number of nitrogens with one attached hydrogen (secondary N) is 2. The monoisotopic (exact) mass is 443 g/mol. The molecule has 32 heavy (non-hydrogen) atoms. The molecule has 2 aromatic carbocycles. The van der Waals surface area contributed by atoms with E-state index in [1.54, 1.807) is 17.0 Å². The van der Waals surface area contributed by atoms with Crippen LogP contribution in [0.4, 0.5) is 16.2 Å². The third kappa shape index (κ3) is 5.35. The number of amides is 3. The van der Waals surface area contributed by atoms with Gasteiger partial charge < -0.3 is 34.5 Å². The molecule has 9 heteroatoms. The van der Waals surface area contributed by atoms with E-state index in [1.165, 1.54) is 21.3 Å². The van der Waals surface area contributed by atoms with Gasteiger partial charge in [0.25, 0.3) is 0 Å². The zero-order valence-electron chi connectivity index (χ0n) is 18.8. The van der Waals surface area contributed by atoms with Crippen LogP contribution in [0.2, 0.25) is 0 Å². The number of ether oxygens (including phenoxy) is 4. The fourth-order valence-corrected chi connectivity index (χ4v) is 3.62. The molecule has 0 saturated carbocycles. The largest absolute Gasteiger partial charge is 0.494 e. The first kappa shape index (κ1) is 23.1. The molecule has 0 bridgehead atoms. The Kier molecular flexibility index (Phi) is 7.64. The van der Waals surface area contributed by atoms with E-state index in [1.807, 2.05) is 31.2 Å². The molecule has 3 rings (SSSR count). The molecular formula is C23H29N3O6. The summed E-state index contributed by atoms with van der Waals surface area (Å²) in [5.74, 6) is 2.14. The van der Waals surface area contributed by atoms with Crippen molar-refractivity contribution in [2.75, 3.05) is 51.2 Å². The molecule has 1 fully saturated rings. The molecule has 2 N–H and O–H groups in total. The van der Waals surface area contributed by atoms with Crippen LogP contribution in [0.25, 0.3) is 0 Å². The summed E-state index contributed by atoms with van der Waals surface area (Å²) in [5, 5.41) is 5.59. The number of carbonyl (C=O) groups excluding carboxylic acids is 2. The van der Waals surface area contributed by atoms with E-state index in [2.05, 4.69) is 10.6 Å². The van der Waals surface area contributed by atoms with E-state index >= 15 is 0 Å². The topological polar surface area (TPSA) is 98.4 Å². The standard InChI is InChI=1S/C23H29N3O6/c1-5-32-18-8-6-17(7-9-18)26-14-15(10-21(26)27)13-24-23(28)25-16-11-19(29-2)22(31-4)20(12-16)30-3/h6-9,11-12,15H,5,10,13-14H2,1-4H3,(H2,24,25,28). The number of carbonyl (C=O) groups is 2. The number of hydrogen-bond acceptors (Lipinski definition) is 6. The molecule has 1 atom stereocenters. The fraction of sp³-hybridized carbons (Fsp3) is 0.391. The van der Waals surface area contributed by atoms with E-state index in [0.717, 1.165) is 11.4 Å². The Bertz CT molecular complexity index is 922. The zero-order valence-corrected chi connectivity index (χ0v) is 18.8. The highest BCUT2D eigenvalue weighted by Gasteiger charge is 2.30. The van der Waals surface area contributed by atoms with Crippen molar-refractivity contribution in [1.82, 2.24) is 5.32 Å². The van der Waals surface area contributed by atoms with Crippen molar-refractivity contribution in [3.8, 4) is 23.0 Å². The van der Waals surface area contributed by atoms with Gasteiger partial charge in [0.2, 0.25) is 11.7 Å². The molecule has 1 heterocycles. The number of benzene rings is 2. The van der Waals surface area contributed by atoms with Gasteiger partial charge in [0.1, 0.15) is 5.75 Å². The van der Waals surface area contributed by atoms with Gasteiger partial charge in [0.05, 0.1) is 33.6 Å². The van der Waals surface area contributed by atoms with E-state index in [0.29, 0.717) is 49.1 Å². The van der Waals surface area contributed by atoms with Crippen molar-refractivity contribution in [2.24, 2.45) is 5.92 Å². The van der Waals surface area contributed by atoms with Crippen molar-refractivity contribution in [2.45, 2.75) is 13.3 Å². The Labute approximate surface area is 187 Å². The second kappa shape index (κ2) is 10.6. The number of hydrogen-bond donors (Lipinski definition) is 2. The SMILES string of the molecule is CCOc1ccc(N2CC(CNC(=O)Nc3cc(OC)c(OC)c(OC)c3)CC2=O)cc1. The highest BCUT2D eigenvalue weighted by atomic mass is 16.5. The van der Waals surface area contributed by atoms with Gasteiger partial charge in [-0.15, -0.1) is 0 Å². The van der Waals surface area contributed by atoms with Crippen molar-refractivity contribution >= 4 is 23.3 Å². The van der Waals surface area contributed by atoms with Crippen LogP contribution in [-0.4, -0.2) is 53.0 Å². The van der Waals surface area contributed by atoms with Gasteiger partial charge in [-0.2, -0.15) is 0 Å². The van der Waals surface area contributed by atoms with E-state index < -0.39 is 0 Å². The first-order chi connectivity index (χ1) is 15.5. The Morgan fingerprint density at radius 3 is 2.28 bits per heavy atom. The maximum atomic E-state index is 12.5. The van der Waals surface area contributed by atoms with Gasteiger partial charge in [-0.05, 0) is 31.2 Å². The average Bonchev–Trinajstić information content (AvgIpc) is 3.18. The number of rotatable bonds is 9. The summed E-state index contributed by atoms with van der Waals surface area (Å²) in [6, 6.07) is 10.4. The van der Waals surface area contributed by atoms with Gasteiger partial charge in [-0.25, -0.2) is 4.79 Å². The third-order valence-electron chi connectivity index (χ3n) is 5.14. The summed E-state index contributed by atoms with van der Waals surface area (Å²) in [5.41, 5.74) is 1.32. The molecule has 0 spiro atoms. The zero-order chi connectivity index (χ0) is 23.1. The minimum atomic E-state index is -0.383. The molecule has 3 amide bonds. The molecule has 2 aromatic rings. The minimum absolute atomic E-state index is 0.0137. The first-order valence-electron chi connectivity index (χ1n) is 10.4. The van der Waals surface area contributed by atoms with Gasteiger partial charge in [-0.1, -0.05) is 0 Å². The summed E-state index contributed by atoms with van der Waals surface area (Å²) in [7, 11) is 4.53. The third-order valence-corrected chi connectivity index (χ3v) is 5.14. The maximum Gasteiger partial charge on any atom is 0.319 e. The molecule has 1 aliphatic heterocycles. The summed E-state index contributed by atoms with van der Waals surface area (Å²) < 4.78 is 21.3. The summed E-state index contributed by atoms with van der Waals surface area (Å²) >= 11 is 0. The summed E-state index contributed by atoms with van der Waals surface area (Å²) in [6.45, 7) is 3.42. The molecule has 1 aliphatic rings. The Hall–Kier alpha value is -3.62. The predicted octanol–water partition coefficient (Wildman–Crippen LogP) is 3.29. The second-order valence-electron chi connectivity index (χ2n) is 7.25. The molecule has 9 nitrogen and oxygen atoms in total. The molecule has 0 aromatic heterocycles. The van der Waals surface area contributed by atoms with Crippen LogP contribution in [0.1, 0.15) is 13.3 Å². The number of anilines is 2. The van der Waals surface area contributed by atoms with Crippen LogP contribution in [0.3, 0.4) is 0 Å². The highest BCUT2D eigenvalue weighted by molar-refractivity contribution is 5.96. The smallest absolute Gasteiger partial charge is 0.319 e. The molecule has 1 unspecified atom stereocenters. The van der Waals surface area contributed by atoms with Crippen molar-refractivity contribution < 1.29 is 28.5 Å². The van der Waals surface area contributed by atoms with E-state index in [9.17, 15) is 9.59 Å². The van der Waals surface area contributed by atoms with Gasteiger partial charge in [-0.3, -0.25) is 4.79 Å². The lowest BCUT2D eigenvalue weighted by atomic mass is 10.1. The quantitative estimate of drug-likeness (QED) is 0.617. The highest BCUT2D eigenvalue weighted by Crippen LogP contribution is 2.39.